The van der Waals surface area contributed by atoms with Gasteiger partial charge in [0.05, 0.1) is 36.6 Å². The van der Waals surface area contributed by atoms with Crippen molar-refractivity contribution in [2.24, 2.45) is 0 Å². The lowest BCUT2D eigenvalue weighted by molar-refractivity contribution is -0.138. The van der Waals surface area contributed by atoms with Crippen LogP contribution in [-0.2, 0) is 25.7 Å². The Bertz CT molecular complexity index is 1770. The van der Waals surface area contributed by atoms with Gasteiger partial charge in [-0.15, -0.1) is 9.69 Å². The number of hydrogen-bond acceptors (Lipinski definition) is 7. The molecule has 4 bridgehead atoms. The summed E-state index contributed by atoms with van der Waals surface area (Å²) in [6.45, 7) is 1.22. The van der Waals surface area contributed by atoms with Crippen molar-refractivity contribution in [1.82, 2.24) is 34.9 Å². The second-order valence-electron chi connectivity index (χ2n) is 10.5. The molecule has 0 unspecified atom stereocenters. The molecule has 0 atom stereocenters. The zero-order valence-electron chi connectivity index (χ0n) is 22.2. The molecule has 4 aromatic rings. The number of nitrogen functional groups attached to an aromatic ring is 1. The lowest BCUT2D eigenvalue weighted by Crippen LogP contribution is -2.65. The van der Waals surface area contributed by atoms with Crippen LogP contribution in [0.15, 0.2) is 30.5 Å². The normalized spacial score (nSPS) is 19.3. The Morgan fingerprint density at radius 2 is 1.83 bits per heavy atom. The maximum Gasteiger partial charge on any atom is 0.336 e. The number of nitrogens with zero attached hydrogens (tertiary/aromatic N) is 5. The van der Waals surface area contributed by atoms with Crippen molar-refractivity contribution in [1.29, 1.82) is 0 Å². The largest absolute Gasteiger partial charge is 0.480 e. The van der Waals surface area contributed by atoms with Gasteiger partial charge in [0.15, 0.2) is 0 Å². The number of hydrogen-bond donors (Lipinski definition) is 4. The number of carbonyl (C=O) groups excluding carboxylic acids is 3. The fraction of sp³-hybridized carbons (Fsp3) is 0.333. The van der Waals surface area contributed by atoms with Gasteiger partial charge in [0.25, 0.3) is 0 Å². The molecule has 3 aliphatic rings. The zero-order valence-corrected chi connectivity index (χ0v) is 22.2. The Morgan fingerprint density at radius 3 is 2.54 bits per heavy atom. The summed E-state index contributed by atoms with van der Waals surface area (Å²) in [5.41, 5.74) is 9.40. The maximum absolute atomic E-state index is 15.7. The first-order valence-corrected chi connectivity index (χ1v) is 13.2. The number of nitrogens with one attached hydrogen (secondary N) is 2. The minimum Gasteiger partial charge on any atom is -0.480 e. The number of fused-ring (bicyclic) bond motifs is 2. The highest BCUT2D eigenvalue weighted by molar-refractivity contribution is 6.05. The molecule has 5 N–H and O–H groups in total. The summed E-state index contributed by atoms with van der Waals surface area (Å²) in [4.78, 5) is 50.1. The Kier molecular flexibility index (Phi) is 6.21. The summed E-state index contributed by atoms with van der Waals surface area (Å²) in [7, 11) is 0. The Labute approximate surface area is 232 Å². The van der Waals surface area contributed by atoms with Crippen molar-refractivity contribution in [2.45, 2.75) is 32.2 Å². The molecule has 212 valence electrons. The van der Waals surface area contributed by atoms with Gasteiger partial charge in [-0.3, -0.25) is 19.1 Å². The van der Waals surface area contributed by atoms with Crippen molar-refractivity contribution in [3.8, 4) is 11.1 Å². The summed E-state index contributed by atoms with van der Waals surface area (Å²) in [6, 6.07) is 6.49. The lowest BCUT2D eigenvalue weighted by atomic mass is 9.88. The molecule has 41 heavy (non-hydrogen) atoms. The number of quaternary nitrogens is 1. The number of aromatic nitrogens is 4. The van der Waals surface area contributed by atoms with Crippen molar-refractivity contribution < 1.29 is 28.7 Å². The fourth-order valence-electron chi connectivity index (χ4n) is 6.06. The van der Waals surface area contributed by atoms with Crippen LogP contribution < -0.4 is 21.0 Å². The van der Waals surface area contributed by atoms with Gasteiger partial charge in [0.1, 0.15) is 37.5 Å². The summed E-state index contributed by atoms with van der Waals surface area (Å²) >= 11 is 0. The fourth-order valence-corrected chi connectivity index (χ4v) is 6.06. The molecule has 13 nitrogen and oxygen atoms in total. The summed E-state index contributed by atoms with van der Waals surface area (Å²) in [5.74, 6) is -3.02. The molecular formula is C27H28FN8O5+. The van der Waals surface area contributed by atoms with Gasteiger partial charge in [-0.25, -0.2) is 9.18 Å². The molecule has 0 radical (unpaired) electrons. The van der Waals surface area contributed by atoms with Gasteiger partial charge >= 0.3 is 11.9 Å². The van der Waals surface area contributed by atoms with Gasteiger partial charge in [0.2, 0.25) is 11.8 Å². The van der Waals surface area contributed by atoms with Crippen molar-refractivity contribution in [3.05, 3.63) is 42.0 Å². The molecule has 0 spiro atoms. The number of carboxylic acids is 1. The minimum absolute atomic E-state index is 0.0141. The van der Waals surface area contributed by atoms with Gasteiger partial charge in [-0.05, 0) is 23.8 Å². The molecule has 3 amide bonds. The van der Waals surface area contributed by atoms with E-state index in [1.54, 1.807) is 36.1 Å². The molecule has 7 rings (SSSR count). The first kappa shape index (κ1) is 26.4. The standard InChI is InChI=1S/C27H27FN8O5/c1-14(37)36-6-4-15(5-7-36)26-25-17(18-9-21-16(8-19(18)28)10-32-35(21)36)2-3-20(29)27(25)34(33-26)13-23(39)30-11-22(38)31-12-24(40)41/h2-3,8-10,15H,4-7,11-13H2,1H3,(H4-,29,30,31,32,38,39,40,41)/p+1. The minimum atomic E-state index is -1.20. The number of piperidine rings is 1. The van der Waals surface area contributed by atoms with Crippen LogP contribution in [-0.4, -0.2) is 74.6 Å². The number of halogens is 1. The predicted molar refractivity (Wildman–Crippen MR) is 146 cm³/mol. The second kappa shape index (κ2) is 9.66. The molecule has 2 aromatic heterocycles. The van der Waals surface area contributed by atoms with Crippen LogP contribution >= 0.6 is 0 Å². The number of anilines is 1. The van der Waals surface area contributed by atoms with Gasteiger partial charge < -0.3 is 21.5 Å². The molecular weight excluding hydrogens is 535 g/mol. The third-order valence-corrected chi connectivity index (χ3v) is 8.09. The highest BCUT2D eigenvalue weighted by atomic mass is 19.1. The van der Waals surface area contributed by atoms with E-state index in [2.05, 4.69) is 15.7 Å². The topological polar surface area (TPSA) is 174 Å². The van der Waals surface area contributed by atoms with E-state index in [-0.39, 0.29) is 23.0 Å². The summed E-state index contributed by atoms with van der Waals surface area (Å²) in [6.07, 6.45) is 2.76. The number of carboxylic acid groups (broad SMARTS) is 1. The van der Waals surface area contributed by atoms with Gasteiger partial charge in [-0.1, -0.05) is 10.9 Å². The van der Waals surface area contributed by atoms with E-state index in [0.717, 1.165) is 0 Å². The van der Waals surface area contributed by atoms with E-state index in [0.29, 0.717) is 70.2 Å². The van der Waals surface area contributed by atoms with Crippen LogP contribution in [0.25, 0.3) is 32.9 Å². The van der Waals surface area contributed by atoms with Crippen LogP contribution in [0.3, 0.4) is 0 Å². The van der Waals surface area contributed by atoms with Crippen molar-refractivity contribution in [2.75, 3.05) is 31.9 Å². The molecule has 1 fully saturated rings. The molecule has 0 aliphatic carbocycles. The number of nitrogens with two attached hydrogens (primary N) is 1. The van der Waals surface area contributed by atoms with E-state index in [4.69, 9.17) is 15.9 Å². The number of aliphatic carboxylic acids is 1. The lowest BCUT2D eigenvalue weighted by Gasteiger charge is -2.39. The van der Waals surface area contributed by atoms with Crippen molar-refractivity contribution in [3.63, 3.8) is 0 Å². The van der Waals surface area contributed by atoms with E-state index in [1.807, 2.05) is 0 Å². The Hall–Kier alpha value is -4.85. The van der Waals surface area contributed by atoms with Crippen molar-refractivity contribution >= 4 is 51.2 Å². The van der Waals surface area contributed by atoms with E-state index >= 15 is 4.39 Å². The van der Waals surface area contributed by atoms with E-state index in [1.165, 1.54) is 10.7 Å². The van der Waals surface area contributed by atoms with E-state index in [9.17, 15) is 19.2 Å². The van der Waals surface area contributed by atoms with Crippen LogP contribution in [0.4, 0.5) is 10.1 Å². The molecule has 14 heteroatoms. The predicted octanol–water partition coefficient (Wildman–Crippen LogP) is 0.968. The SMILES string of the molecule is CC(=O)[N+]12CCC(CC1)c1nn(CC(=O)NCC(=O)NCC(=O)O)c3c(N)ccc(c13)-c1cc3c(cnn32)cc1F. The number of benzene rings is 2. The molecule has 3 aliphatic heterocycles. The van der Waals surface area contributed by atoms with E-state index < -0.39 is 36.7 Å². The monoisotopic (exact) mass is 563 g/mol. The molecule has 2 aromatic carbocycles. The summed E-state index contributed by atoms with van der Waals surface area (Å²) < 4.78 is 17.1. The third-order valence-electron chi connectivity index (χ3n) is 8.09. The zero-order chi connectivity index (χ0) is 29.1. The highest BCUT2D eigenvalue weighted by Crippen LogP contribution is 2.43. The number of amides is 3. The number of rotatable bonds is 6. The van der Waals surface area contributed by atoms with Crippen LogP contribution in [0.2, 0.25) is 0 Å². The molecule has 5 heterocycles. The molecule has 1 saturated heterocycles. The van der Waals surface area contributed by atoms with Gasteiger partial charge in [0, 0.05) is 35.1 Å². The van der Waals surface area contributed by atoms with Gasteiger partial charge in [-0.2, -0.15) is 5.10 Å². The van der Waals surface area contributed by atoms with Crippen LogP contribution in [0.5, 0.6) is 0 Å². The molecule has 0 saturated carbocycles. The average Bonchev–Trinajstić information content (AvgIpc) is 3.52. The average molecular weight is 564 g/mol. The smallest absolute Gasteiger partial charge is 0.336 e. The first-order chi connectivity index (χ1) is 19.6. The first-order valence-electron chi connectivity index (χ1n) is 13.2. The Balaban J connectivity index is 1.47. The highest BCUT2D eigenvalue weighted by Gasteiger charge is 2.44. The van der Waals surface area contributed by atoms with Crippen LogP contribution in [0.1, 0.15) is 31.4 Å². The van der Waals surface area contributed by atoms with Crippen LogP contribution in [0, 0.1) is 5.82 Å². The summed E-state index contributed by atoms with van der Waals surface area (Å²) in [5, 5.41) is 23.9. The maximum atomic E-state index is 15.7. The number of carbonyl (C=O) groups is 4. The second-order valence-corrected chi connectivity index (χ2v) is 10.5. The third kappa shape index (κ3) is 4.27. The quantitative estimate of drug-likeness (QED) is 0.198. The Morgan fingerprint density at radius 1 is 1.10 bits per heavy atom.